The first kappa shape index (κ1) is 22.4. The number of carbonyl (C=O) groups excluding carboxylic acids is 2. The highest BCUT2D eigenvalue weighted by Crippen LogP contribution is 2.28. The van der Waals surface area contributed by atoms with Crippen LogP contribution in [0.5, 0.6) is 0 Å². The number of aromatic nitrogens is 1. The van der Waals surface area contributed by atoms with Gasteiger partial charge in [-0.2, -0.15) is 0 Å². The lowest BCUT2D eigenvalue weighted by molar-refractivity contribution is -0.161. The third-order valence-electron chi connectivity index (χ3n) is 3.70. The van der Waals surface area contributed by atoms with Crippen molar-refractivity contribution in [2.45, 2.75) is 30.9 Å². The largest absolute Gasteiger partial charge is 0.480 e. The number of likely N-dealkylation sites (tertiary alicyclic amines) is 1. The lowest BCUT2D eigenvalue weighted by Gasteiger charge is -2.44. The number of rotatable bonds is 9. The fraction of sp³-hybridized carbons (Fsp3) is 0.429. The molecule has 2 heterocycles. The highest BCUT2D eigenvalue weighted by molar-refractivity contribution is 7.94. The predicted octanol–water partition coefficient (Wildman–Crippen LogP) is -0.747. The quantitative estimate of drug-likeness (QED) is 0.138. The van der Waals surface area contributed by atoms with Crippen molar-refractivity contribution in [2.75, 3.05) is 12.3 Å². The van der Waals surface area contributed by atoms with Crippen LogP contribution in [-0.2, 0) is 24.0 Å². The normalized spacial score (nSPS) is 19.5. The van der Waals surface area contributed by atoms with E-state index < -0.39 is 53.0 Å². The van der Waals surface area contributed by atoms with Crippen LogP contribution in [0.3, 0.4) is 0 Å². The summed E-state index contributed by atoms with van der Waals surface area (Å²) in [5.74, 6) is -4.30. The molecule has 0 bridgehead atoms. The molecule has 2 amide bonds. The predicted molar refractivity (Wildman–Crippen MR) is 101 cm³/mol. The standard InChI is InChI=1S/C14H17N5O8S2/c1-14(2,12(24)25)27-18-7(5-4-28-13(15)16-5)9(22)17-8-10(23)19(3-6(20)21)11(8)29-26/h4,8,11,26H,3H2,1-2H3,(H2,15,16)(H,17,22)(H,20,21)(H,24,25)/b18-7-/t8-,11-/m1/s1. The zero-order valence-electron chi connectivity index (χ0n) is 15.1. The van der Waals surface area contributed by atoms with Crippen LogP contribution in [0.4, 0.5) is 5.13 Å². The molecule has 13 nitrogen and oxygen atoms in total. The SMILES string of the molecule is CC(C)(O/N=C(\C(=O)N[C@@H]1C(=O)N(CC(=O)O)[C@@H]1SO)c1csc(N)n1)C(=O)O. The number of nitrogens with zero attached hydrogens (tertiary/aromatic N) is 3. The zero-order valence-corrected chi connectivity index (χ0v) is 16.7. The Morgan fingerprint density at radius 3 is 2.59 bits per heavy atom. The van der Waals surface area contributed by atoms with Gasteiger partial charge in [-0.15, -0.1) is 11.3 Å². The first-order chi connectivity index (χ1) is 13.5. The van der Waals surface area contributed by atoms with Crippen molar-refractivity contribution >= 4 is 58.0 Å². The Morgan fingerprint density at radius 1 is 1.45 bits per heavy atom. The summed E-state index contributed by atoms with van der Waals surface area (Å²) in [6.07, 6.45) is 0. The van der Waals surface area contributed by atoms with Gasteiger partial charge in [-0.25, -0.2) is 9.78 Å². The van der Waals surface area contributed by atoms with Crippen LogP contribution in [0.2, 0.25) is 0 Å². The summed E-state index contributed by atoms with van der Waals surface area (Å²) in [7, 11) is 0. The third-order valence-corrected chi connectivity index (χ3v) is 5.12. The number of aliphatic carboxylic acids is 2. The smallest absolute Gasteiger partial charge is 0.350 e. The van der Waals surface area contributed by atoms with E-state index in [1.807, 2.05) is 0 Å². The number of nitrogen functional groups attached to an aromatic ring is 1. The van der Waals surface area contributed by atoms with Gasteiger partial charge in [0.25, 0.3) is 5.91 Å². The Labute approximate surface area is 171 Å². The van der Waals surface area contributed by atoms with E-state index in [-0.39, 0.29) is 22.9 Å². The van der Waals surface area contributed by atoms with Gasteiger partial charge in [-0.05, 0) is 13.8 Å². The van der Waals surface area contributed by atoms with Gasteiger partial charge >= 0.3 is 11.9 Å². The Balaban J connectivity index is 2.23. The van der Waals surface area contributed by atoms with Gasteiger partial charge in [0.05, 0.1) is 0 Å². The van der Waals surface area contributed by atoms with Crippen LogP contribution in [0.1, 0.15) is 19.5 Å². The van der Waals surface area contributed by atoms with E-state index in [2.05, 4.69) is 15.5 Å². The van der Waals surface area contributed by atoms with Gasteiger partial charge in [-0.1, -0.05) is 5.16 Å². The van der Waals surface area contributed by atoms with E-state index in [1.54, 1.807) is 0 Å². The van der Waals surface area contributed by atoms with Gasteiger partial charge < -0.3 is 35.6 Å². The van der Waals surface area contributed by atoms with Gasteiger partial charge in [0.15, 0.2) is 10.8 Å². The average Bonchev–Trinajstić information content (AvgIpc) is 3.05. The molecular weight excluding hydrogens is 430 g/mol. The van der Waals surface area contributed by atoms with Crippen LogP contribution in [0, 0.1) is 0 Å². The van der Waals surface area contributed by atoms with Crippen molar-refractivity contribution in [1.82, 2.24) is 15.2 Å². The Hall–Kier alpha value is -2.91. The molecule has 6 N–H and O–H groups in total. The minimum absolute atomic E-state index is 0.0199. The second-order valence-electron chi connectivity index (χ2n) is 6.22. The summed E-state index contributed by atoms with van der Waals surface area (Å²) in [5, 5.41) is 24.2. The summed E-state index contributed by atoms with van der Waals surface area (Å²) in [4.78, 5) is 56.4. The zero-order chi connectivity index (χ0) is 21.9. The topological polar surface area (TPSA) is 205 Å². The third kappa shape index (κ3) is 4.93. The van der Waals surface area contributed by atoms with E-state index in [1.165, 1.54) is 19.2 Å². The molecule has 1 aliphatic heterocycles. The molecule has 2 rings (SSSR count). The molecule has 0 spiro atoms. The first-order valence-electron chi connectivity index (χ1n) is 7.82. The Morgan fingerprint density at radius 2 is 2.10 bits per heavy atom. The highest BCUT2D eigenvalue weighted by atomic mass is 32.2. The van der Waals surface area contributed by atoms with E-state index in [0.29, 0.717) is 0 Å². The molecule has 0 saturated carbocycles. The number of hydrogen-bond acceptors (Lipinski definition) is 11. The minimum atomic E-state index is -1.76. The number of anilines is 1. The number of thiazole rings is 1. The van der Waals surface area contributed by atoms with E-state index in [9.17, 15) is 23.7 Å². The molecular formula is C14H17N5O8S2. The minimum Gasteiger partial charge on any atom is -0.480 e. The number of nitrogens with one attached hydrogen (secondary N) is 1. The second kappa shape index (κ2) is 8.62. The number of hydrogen-bond donors (Lipinski definition) is 5. The van der Waals surface area contributed by atoms with Crippen molar-refractivity contribution < 1.29 is 38.8 Å². The lowest BCUT2D eigenvalue weighted by Crippen LogP contribution is -2.70. The van der Waals surface area contributed by atoms with E-state index >= 15 is 0 Å². The molecule has 1 fully saturated rings. The molecule has 0 unspecified atom stereocenters. The monoisotopic (exact) mass is 447 g/mol. The summed E-state index contributed by atoms with van der Waals surface area (Å²) in [6, 6.07) is -1.23. The number of carboxylic acid groups (broad SMARTS) is 2. The molecule has 2 atom stereocenters. The van der Waals surface area contributed by atoms with Crippen LogP contribution in [0.15, 0.2) is 10.5 Å². The molecule has 0 aromatic carbocycles. The molecule has 1 aliphatic rings. The molecule has 29 heavy (non-hydrogen) atoms. The highest BCUT2D eigenvalue weighted by Gasteiger charge is 2.50. The van der Waals surface area contributed by atoms with Crippen molar-refractivity contribution in [3.8, 4) is 0 Å². The molecule has 0 aliphatic carbocycles. The van der Waals surface area contributed by atoms with Crippen LogP contribution in [0.25, 0.3) is 0 Å². The average molecular weight is 447 g/mol. The molecule has 1 aromatic rings. The van der Waals surface area contributed by atoms with Gasteiger partial charge in [0.1, 0.15) is 23.7 Å². The van der Waals surface area contributed by atoms with Gasteiger partial charge in [0.2, 0.25) is 11.5 Å². The van der Waals surface area contributed by atoms with E-state index in [0.717, 1.165) is 16.2 Å². The van der Waals surface area contributed by atoms with Crippen LogP contribution >= 0.6 is 23.4 Å². The molecule has 1 saturated heterocycles. The summed E-state index contributed by atoms with van der Waals surface area (Å²) >= 11 is 1.18. The van der Waals surface area contributed by atoms with Gasteiger partial charge in [-0.3, -0.25) is 14.4 Å². The maximum absolute atomic E-state index is 12.7. The number of carbonyl (C=O) groups is 4. The number of nitrogens with two attached hydrogens (primary N) is 1. The fourth-order valence-corrected chi connectivity index (χ4v) is 3.24. The number of amides is 2. The maximum atomic E-state index is 12.7. The second-order valence-corrected chi connectivity index (χ2v) is 7.81. The Bertz CT molecular complexity index is 870. The maximum Gasteiger partial charge on any atom is 0.350 e. The molecule has 158 valence electrons. The summed E-state index contributed by atoms with van der Waals surface area (Å²) in [6.45, 7) is 1.77. The van der Waals surface area contributed by atoms with Crippen LogP contribution < -0.4 is 11.1 Å². The molecule has 15 heteroatoms. The van der Waals surface area contributed by atoms with Crippen molar-refractivity contribution in [1.29, 1.82) is 0 Å². The number of β-lactam (4-membered cyclic amide) rings is 1. The van der Waals surface area contributed by atoms with E-state index in [4.69, 9.17) is 20.8 Å². The fourth-order valence-electron chi connectivity index (χ4n) is 2.10. The first-order valence-corrected chi connectivity index (χ1v) is 9.54. The Kier molecular flexibility index (Phi) is 6.66. The number of oxime groups is 1. The lowest BCUT2D eigenvalue weighted by atomic mass is 10.1. The van der Waals surface area contributed by atoms with Crippen molar-refractivity contribution in [3.05, 3.63) is 11.1 Å². The number of carboxylic acids is 2. The van der Waals surface area contributed by atoms with Crippen LogP contribution in [-0.4, -0.2) is 77.7 Å². The summed E-state index contributed by atoms with van der Waals surface area (Å²) in [5.41, 5.74) is 3.32. The molecule has 1 aromatic heterocycles. The van der Waals surface area contributed by atoms with Gasteiger partial charge in [0, 0.05) is 17.4 Å². The van der Waals surface area contributed by atoms with Crippen molar-refractivity contribution in [3.63, 3.8) is 0 Å². The molecule has 0 radical (unpaired) electrons. The summed E-state index contributed by atoms with van der Waals surface area (Å²) < 4.78 is 9.33. The van der Waals surface area contributed by atoms with Crippen molar-refractivity contribution in [2.24, 2.45) is 5.16 Å².